The average molecular weight is 297 g/mol. The number of benzene rings is 1. The lowest BCUT2D eigenvalue weighted by Gasteiger charge is -2.34. The maximum absolute atomic E-state index is 11.9. The summed E-state index contributed by atoms with van der Waals surface area (Å²) in [5, 5.41) is 0. The molecule has 1 aliphatic rings. The Morgan fingerprint density at radius 3 is 2.35 bits per heavy atom. The summed E-state index contributed by atoms with van der Waals surface area (Å²) >= 11 is 0. The van der Waals surface area contributed by atoms with Crippen LogP contribution in [0.5, 0.6) is 0 Å². The molecule has 20 heavy (non-hydrogen) atoms. The molecule has 0 N–H and O–H groups in total. The largest absolute Gasteiger partial charge is 0.376 e. The van der Waals surface area contributed by atoms with Crippen molar-refractivity contribution in [1.29, 1.82) is 0 Å². The number of ether oxygens (including phenoxy) is 1. The molecule has 0 spiro atoms. The molecule has 2 rings (SSSR count). The third kappa shape index (κ3) is 3.40. The number of hydrogen-bond donors (Lipinski definition) is 0. The summed E-state index contributed by atoms with van der Waals surface area (Å²) < 4.78 is 31.0. The van der Waals surface area contributed by atoms with Gasteiger partial charge in [0.1, 0.15) is 0 Å². The van der Waals surface area contributed by atoms with Crippen molar-refractivity contribution in [3.63, 3.8) is 0 Å². The van der Waals surface area contributed by atoms with Crippen molar-refractivity contribution in [3.8, 4) is 0 Å². The van der Waals surface area contributed by atoms with E-state index in [-0.39, 0.29) is 11.9 Å². The van der Waals surface area contributed by atoms with Gasteiger partial charge < -0.3 is 4.74 Å². The lowest BCUT2D eigenvalue weighted by molar-refractivity contribution is 0.0304. The van der Waals surface area contributed by atoms with E-state index in [1.165, 1.54) is 5.56 Å². The molecule has 1 atom stereocenters. The topological polar surface area (TPSA) is 46.6 Å². The highest BCUT2D eigenvalue weighted by atomic mass is 32.2. The Hall–Kier alpha value is -0.910. The van der Waals surface area contributed by atoms with Gasteiger partial charge in [-0.2, -0.15) is 0 Å². The fourth-order valence-electron chi connectivity index (χ4n) is 2.88. The van der Waals surface area contributed by atoms with Crippen LogP contribution in [0.1, 0.15) is 31.4 Å². The van der Waals surface area contributed by atoms with Crippen LogP contribution < -0.4 is 0 Å². The van der Waals surface area contributed by atoms with Crippen LogP contribution in [0.15, 0.2) is 30.3 Å². The minimum atomic E-state index is -3.05. The highest BCUT2D eigenvalue weighted by Crippen LogP contribution is 2.33. The molecule has 0 aromatic heterocycles. The molecule has 0 bridgehead atoms. The van der Waals surface area contributed by atoms with Gasteiger partial charge in [-0.1, -0.05) is 30.3 Å². The van der Waals surface area contributed by atoms with Crippen molar-refractivity contribution >= 4 is 10.0 Å². The molecule has 4 nitrogen and oxygen atoms in total. The maximum Gasteiger partial charge on any atom is 0.213 e. The van der Waals surface area contributed by atoms with Crippen molar-refractivity contribution in [2.45, 2.75) is 25.9 Å². The van der Waals surface area contributed by atoms with E-state index in [1.807, 2.05) is 18.2 Å². The normalized spacial score (nSPS) is 19.9. The Balaban J connectivity index is 2.03. The summed E-state index contributed by atoms with van der Waals surface area (Å²) in [7, 11) is -1.32. The average Bonchev–Trinajstić information content (AvgIpc) is 2.50. The Morgan fingerprint density at radius 2 is 1.85 bits per heavy atom. The molecule has 1 saturated heterocycles. The molecule has 1 fully saturated rings. The predicted octanol–water partition coefficient (Wildman–Crippen LogP) is 2.44. The number of nitrogens with zero attached hydrogens (tertiary/aromatic N) is 1. The van der Waals surface area contributed by atoms with Gasteiger partial charge >= 0.3 is 0 Å². The predicted molar refractivity (Wildman–Crippen MR) is 79.9 cm³/mol. The van der Waals surface area contributed by atoms with E-state index < -0.39 is 10.0 Å². The number of sulfonamides is 1. The van der Waals surface area contributed by atoms with E-state index in [9.17, 15) is 8.42 Å². The molecular weight excluding hydrogens is 274 g/mol. The van der Waals surface area contributed by atoms with Crippen LogP contribution in [0.2, 0.25) is 0 Å². The minimum absolute atomic E-state index is 0.0580. The summed E-state index contributed by atoms with van der Waals surface area (Å²) in [6.45, 7) is 2.91. The highest BCUT2D eigenvalue weighted by Gasteiger charge is 2.31. The second-order valence-electron chi connectivity index (χ2n) is 5.20. The van der Waals surface area contributed by atoms with E-state index in [0.29, 0.717) is 19.0 Å². The quantitative estimate of drug-likeness (QED) is 0.838. The fraction of sp³-hybridized carbons (Fsp3) is 0.600. The van der Waals surface area contributed by atoms with Crippen LogP contribution in [0.25, 0.3) is 0 Å². The first-order chi connectivity index (χ1) is 9.58. The Kier molecular flexibility index (Phi) is 5.18. The maximum atomic E-state index is 11.9. The standard InChI is InChI=1S/C15H23NO3S/c1-3-20(17,18)16-11-9-14(10-12-16)15(19-2)13-7-5-4-6-8-13/h4-8,14-15H,3,9-12H2,1-2H3. The molecule has 0 aliphatic carbocycles. The first-order valence-corrected chi connectivity index (χ1v) is 8.75. The van der Waals surface area contributed by atoms with Crippen LogP contribution in [0.4, 0.5) is 0 Å². The van der Waals surface area contributed by atoms with Crippen molar-refractivity contribution in [1.82, 2.24) is 4.31 Å². The monoisotopic (exact) mass is 297 g/mol. The summed E-state index contributed by atoms with van der Waals surface area (Å²) in [4.78, 5) is 0. The summed E-state index contributed by atoms with van der Waals surface area (Å²) in [5.74, 6) is 0.565. The molecule has 1 aromatic rings. The lowest BCUT2D eigenvalue weighted by atomic mass is 9.88. The summed E-state index contributed by atoms with van der Waals surface area (Å²) in [5.41, 5.74) is 1.17. The highest BCUT2D eigenvalue weighted by molar-refractivity contribution is 7.89. The van der Waals surface area contributed by atoms with Crippen molar-refractivity contribution < 1.29 is 13.2 Å². The van der Waals surface area contributed by atoms with Crippen LogP contribution in [-0.2, 0) is 14.8 Å². The van der Waals surface area contributed by atoms with Gasteiger partial charge in [-0.05, 0) is 31.2 Å². The number of piperidine rings is 1. The second kappa shape index (κ2) is 6.70. The lowest BCUT2D eigenvalue weighted by Crippen LogP contribution is -2.40. The van der Waals surface area contributed by atoms with Gasteiger partial charge in [0, 0.05) is 20.2 Å². The van der Waals surface area contributed by atoms with E-state index in [4.69, 9.17) is 4.74 Å². The molecule has 1 unspecified atom stereocenters. The molecule has 0 saturated carbocycles. The zero-order valence-electron chi connectivity index (χ0n) is 12.2. The summed E-state index contributed by atoms with van der Waals surface area (Å²) in [6, 6.07) is 10.2. The first kappa shape index (κ1) is 15.5. The third-order valence-electron chi connectivity index (χ3n) is 4.07. The van der Waals surface area contributed by atoms with Crippen LogP contribution in [0.3, 0.4) is 0 Å². The second-order valence-corrected chi connectivity index (χ2v) is 7.46. The summed E-state index contributed by atoms with van der Waals surface area (Å²) in [6.07, 6.45) is 1.77. The smallest absolute Gasteiger partial charge is 0.213 e. The van der Waals surface area contributed by atoms with Crippen molar-refractivity contribution in [3.05, 3.63) is 35.9 Å². The van der Waals surface area contributed by atoms with Crippen LogP contribution >= 0.6 is 0 Å². The van der Waals surface area contributed by atoms with Gasteiger partial charge in [0.25, 0.3) is 0 Å². The molecule has 112 valence electrons. The minimum Gasteiger partial charge on any atom is -0.376 e. The van der Waals surface area contributed by atoms with Crippen LogP contribution in [0, 0.1) is 5.92 Å². The molecule has 1 aliphatic heterocycles. The van der Waals surface area contributed by atoms with Crippen molar-refractivity contribution in [2.24, 2.45) is 5.92 Å². The molecule has 1 heterocycles. The van der Waals surface area contributed by atoms with E-state index in [1.54, 1.807) is 18.3 Å². The van der Waals surface area contributed by atoms with E-state index in [0.717, 1.165) is 12.8 Å². The number of methoxy groups -OCH3 is 1. The fourth-order valence-corrected chi connectivity index (χ4v) is 4.01. The molecular formula is C15H23NO3S. The van der Waals surface area contributed by atoms with Gasteiger partial charge in [-0.25, -0.2) is 12.7 Å². The zero-order chi connectivity index (χ0) is 14.6. The Morgan fingerprint density at radius 1 is 1.25 bits per heavy atom. The van der Waals surface area contributed by atoms with Gasteiger partial charge in [-0.3, -0.25) is 0 Å². The third-order valence-corrected chi connectivity index (χ3v) is 5.95. The first-order valence-electron chi connectivity index (χ1n) is 7.14. The van der Waals surface area contributed by atoms with Gasteiger partial charge in [-0.15, -0.1) is 0 Å². The van der Waals surface area contributed by atoms with E-state index >= 15 is 0 Å². The van der Waals surface area contributed by atoms with Gasteiger partial charge in [0.05, 0.1) is 11.9 Å². The number of rotatable bonds is 5. The Labute approximate surface area is 121 Å². The molecule has 1 aromatic carbocycles. The van der Waals surface area contributed by atoms with Gasteiger partial charge in [0.2, 0.25) is 10.0 Å². The number of hydrogen-bond acceptors (Lipinski definition) is 3. The molecule has 5 heteroatoms. The molecule has 0 amide bonds. The zero-order valence-corrected chi connectivity index (χ0v) is 13.0. The van der Waals surface area contributed by atoms with Crippen LogP contribution in [-0.4, -0.2) is 38.7 Å². The van der Waals surface area contributed by atoms with Crippen molar-refractivity contribution in [2.75, 3.05) is 26.0 Å². The van der Waals surface area contributed by atoms with E-state index in [2.05, 4.69) is 12.1 Å². The SMILES string of the molecule is CCS(=O)(=O)N1CCC(C(OC)c2ccccc2)CC1. The molecule has 0 radical (unpaired) electrons. The Bertz CT molecular complexity index is 507. The van der Waals surface area contributed by atoms with Gasteiger partial charge in [0.15, 0.2) is 0 Å².